The zero-order chi connectivity index (χ0) is 24.6. The number of amides is 1. The number of primary amides is 1. The topological polar surface area (TPSA) is 136 Å². The minimum atomic E-state index is -1.000. The van der Waals surface area contributed by atoms with E-state index in [2.05, 4.69) is 26.1 Å². The van der Waals surface area contributed by atoms with Gasteiger partial charge in [0, 0.05) is 23.3 Å². The van der Waals surface area contributed by atoms with Crippen LogP contribution in [-0.4, -0.2) is 38.8 Å². The number of carbonyl (C=O) groups is 2. The van der Waals surface area contributed by atoms with Gasteiger partial charge >= 0.3 is 5.97 Å². The van der Waals surface area contributed by atoms with Gasteiger partial charge in [0.25, 0.3) is 5.91 Å². The van der Waals surface area contributed by atoms with E-state index in [1.54, 1.807) is 6.07 Å². The summed E-state index contributed by atoms with van der Waals surface area (Å²) in [6.45, 7) is 6.71. The molecule has 1 amide bonds. The van der Waals surface area contributed by atoms with Crippen molar-refractivity contribution in [3.63, 3.8) is 0 Å². The van der Waals surface area contributed by atoms with Crippen molar-refractivity contribution in [3.05, 3.63) is 40.7 Å². The van der Waals surface area contributed by atoms with Gasteiger partial charge in [-0.1, -0.05) is 33.6 Å². The molecule has 8 nitrogen and oxygen atoms in total. The number of aliphatic carboxylic acids is 1. The second-order valence-electron chi connectivity index (χ2n) is 10.6. The lowest BCUT2D eigenvalue weighted by Crippen LogP contribution is -2.48. The number of rotatable bonds is 7. The summed E-state index contributed by atoms with van der Waals surface area (Å²) < 4.78 is 2.02. The predicted octanol–water partition coefficient (Wildman–Crippen LogP) is 3.43. The first kappa shape index (κ1) is 24.3. The summed E-state index contributed by atoms with van der Waals surface area (Å²) in [7, 11) is 0. The van der Waals surface area contributed by atoms with Crippen molar-refractivity contribution in [3.8, 4) is 5.69 Å². The molecule has 2 aliphatic carbocycles. The van der Waals surface area contributed by atoms with Crippen molar-refractivity contribution in [1.82, 2.24) is 9.78 Å². The molecule has 1 unspecified atom stereocenters. The summed E-state index contributed by atoms with van der Waals surface area (Å²) in [5.41, 5.74) is 17.5. The maximum atomic E-state index is 12.2. The Hall–Kier alpha value is -2.87. The fraction of sp³-hybridized carbons (Fsp3) is 0.577. The molecule has 2 aliphatic rings. The van der Waals surface area contributed by atoms with Gasteiger partial charge in [0.05, 0.1) is 16.9 Å². The van der Waals surface area contributed by atoms with Crippen LogP contribution < -0.4 is 16.8 Å². The SMILES string of the molecule is CCc1nn(-c2ccc(C(N)=O)c(N[C@H]3CCCC[C@H]3C(N)C(=O)O)c2)c2c1CCC(C)(C)C2. The van der Waals surface area contributed by atoms with E-state index in [0.717, 1.165) is 62.7 Å². The monoisotopic (exact) mass is 467 g/mol. The lowest BCUT2D eigenvalue weighted by atomic mass is 9.76. The van der Waals surface area contributed by atoms with E-state index in [0.29, 0.717) is 11.3 Å². The zero-order valence-corrected chi connectivity index (χ0v) is 20.4. The normalized spacial score (nSPS) is 22.6. The Kier molecular flexibility index (Phi) is 6.71. The molecule has 8 heteroatoms. The summed E-state index contributed by atoms with van der Waals surface area (Å²) in [5.74, 6) is -1.75. The highest BCUT2D eigenvalue weighted by Crippen LogP contribution is 2.38. The van der Waals surface area contributed by atoms with Gasteiger partial charge in [-0.15, -0.1) is 0 Å². The Morgan fingerprint density at radius 1 is 1.29 bits per heavy atom. The van der Waals surface area contributed by atoms with E-state index < -0.39 is 17.9 Å². The molecule has 2 aromatic rings. The highest BCUT2D eigenvalue weighted by Gasteiger charge is 2.35. The van der Waals surface area contributed by atoms with E-state index in [4.69, 9.17) is 16.6 Å². The van der Waals surface area contributed by atoms with Crippen LogP contribution in [0.15, 0.2) is 18.2 Å². The van der Waals surface area contributed by atoms with Gasteiger partial charge in [-0.25, -0.2) is 4.68 Å². The number of carboxylic acids is 1. The Morgan fingerprint density at radius 2 is 2.03 bits per heavy atom. The highest BCUT2D eigenvalue weighted by molar-refractivity contribution is 5.99. The largest absolute Gasteiger partial charge is 0.480 e. The fourth-order valence-corrected chi connectivity index (χ4v) is 5.66. The predicted molar refractivity (Wildman–Crippen MR) is 132 cm³/mol. The molecular formula is C26H37N5O3. The first-order valence-corrected chi connectivity index (χ1v) is 12.4. The van der Waals surface area contributed by atoms with Gasteiger partial charge in [0.1, 0.15) is 6.04 Å². The summed E-state index contributed by atoms with van der Waals surface area (Å²) in [5, 5.41) is 17.9. The number of anilines is 1. The van der Waals surface area contributed by atoms with Crippen molar-refractivity contribution >= 4 is 17.6 Å². The second kappa shape index (κ2) is 9.41. The molecule has 1 fully saturated rings. The molecular weight excluding hydrogens is 430 g/mol. The van der Waals surface area contributed by atoms with Crippen LogP contribution in [0.1, 0.15) is 80.2 Å². The summed E-state index contributed by atoms with van der Waals surface area (Å²) in [6, 6.07) is 4.45. The van der Waals surface area contributed by atoms with Crippen LogP contribution in [0.3, 0.4) is 0 Å². The molecule has 184 valence electrons. The van der Waals surface area contributed by atoms with Gasteiger partial charge in [0.15, 0.2) is 0 Å². The van der Waals surface area contributed by atoms with Crippen molar-refractivity contribution in [2.24, 2.45) is 22.8 Å². The molecule has 3 atom stereocenters. The highest BCUT2D eigenvalue weighted by atomic mass is 16.4. The lowest BCUT2D eigenvalue weighted by Gasteiger charge is -2.35. The van der Waals surface area contributed by atoms with Gasteiger partial charge in [-0.3, -0.25) is 9.59 Å². The minimum Gasteiger partial charge on any atom is -0.480 e. The van der Waals surface area contributed by atoms with Gasteiger partial charge in [-0.05, 0) is 67.7 Å². The average Bonchev–Trinajstić information content (AvgIpc) is 3.15. The number of hydrogen-bond donors (Lipinski definition) is 4. The van der Waals surface area contributed by atoms with Gasteiger partial charge in [0.2, 0.25) is 0 Å². The van der Waals surface area contributed by atoms with E-state index in [1.807, 2.05) is 16.8 Å². The van der Waals surface area contributed by atoms with Crippen LogP contribution >= 0.6 is 0 Å². The number of nitrogens with zero attached hydrogens (tertiary/aromatic N) is 2. The molecule has 1 heterocycles. The van der Waals surface area contributed by atoms with E-state index in [-0.39, 0.29) is 17.4 Å². The number of hydrogen-bond acceptors (Lipinski definition) is 5. The quantitative estimate of drug-likeness (QED) is 0.492. The van der Waals surface area contributed by atoms with Crippen molar-refractivity contribution in [2.75, 3.05) is 5.32 Å². The molecule has 0 aliphatic heterocycles. The molecule has 0 radical (unpaired) electrons. The molecule has 6 N–H and O–H groups in total. The fourth-order valence-electron chi connectivity index (χ4n) is 5.66. The molecule has 1 saturated carbocycles. The standard InChI is InChI=1S/C26H37N5O3/c1-4-19-16-11-12-26(2,3)14-22(16)31(30-19)15-9-10-18(24(28)32)21(13-15)29-20-8-6-5-7-17(20)23(27)25(33)34/h9-10,13,17,20,23,29H,4-8,11-12,14,27H2,1-3H3,(H2,28,32)(H,33,34)/t17-,20+,23?/m1/s1. The van der Waals surface area contributed by atoms with Crippen LogP contribution in [0.5, 0.6) is 0 Å². The van der Waals surface area contributed by atoms with Gasteiger partial charge < -0.3 is 21.9 Å². The van der Waals surface area contributed by atoms with Crippen LogP contribution in [0.4, 0.5) is 5.69 Å². The third-order valence-corrected chi connectivity index (χ3v) is 7.63. The van der Waals surface area contributed by atoms with E-state index >= 15 is 0 Å². The molecule has 0 spiro atoms. The molecule has 34 heavy (non-hydrogen) atoms. The van der Waals surface area contributed by atoms with Gasteiger partial charge in [-0.2, -0.15) is 5.10 Å². The number of benzene rings is 1. The Labute approximate surface area is 201 Å². The van der Waals surface area contributed by atoms with E-state index in [9.17, 15) is 14.7 Å². The zero-order valence-electron chi connectivity index (χ0n) is 20.4. The Balaban J connectivity index is 1.74. The smallest absolute Gasteiger partial charge is 0.320 e. The summed E-state index contributed by atoms with van der Waals surface area (Å²) in [4.78, 5) is 23.8. The Bertz CT molecular complexity index is 1090. The lowest BCUT2D eigenvalue weighted by molar-refractivity contribution is -0.140. The number of carbonyl (C=O) groups excluding carboxylic acids is 1. The number of nitrogens with two attached hydrogens (primary N) is 2. The maximum Gasteiger partial charge on any atom is 0.320 e. The molecule has 0 saturated heterocycles. The van der Waals surface area contributed by atoms with Crippen molar-refractivity contribution < 1.29 is 14.7 Å². The first-order chi connectivity index (χ1) is 16.1. The van der Waals surface area contributed by atoms with E-state index in [1.165, 1.54) is 11.3 Å². The second-order valence-corrected chi connectivity index (χ2v) is 10.6. The Morgan fingerprint density at radius 3 is 2.71 bits per heavy atom. The summed E-state index contributed by atoms with van der Waals surface area (Å²) >= 11 is 0. The minimum absolute atomic E-state index is 0.148. The molecule has 1 aromatic carbocycles. The van der Waals surface area contributed by atoms with Crippen LogP contribution in [0, 0.1) is 11.3 Å². The third kappa shape index (κ3) is 4.69. The number of aromatic nitrogens is 2. The maximum absolute atomic E-state index is 12.2. The van der Waals surface area contributed by atoms with Crippen LogP contribution in [0.25, 0.3) is 5.69 Å². The molecule has 4 rings (SSSR count). The molecule has 1 aromatic heterocycles. The van der Waals surface area contributed by atoms with Crippen molar-refractivity contribution in [1.29, 1.82) is 0 Å². The number of aryl methyl sites for hydroxylation is 1. The number of fused-ring (bicyclic) bond motifs is 1. The first-order valence-electron chi connectivity index (χ1n) is 12.4. The number of nitrogens with one attached hydrogen (secondary N) is 1. The van der Waals surface area contributed by atoms with Crippen LogP contribution in [0.2, 0.25) is 0 Å². The van der Waals surface area contributed by atoms with Crippen LogP contribution in [-0.2, 0) is 24.1 Å². The average molecular weight is 468 g/mol. The number of carboxylic acid groups (broad SMARTS) is 1. The molecule has 0 bridgehead atoms. The van der Waals surface area contributed by atoms with Crippen molar-refractivity contribution in [2.45, 2.75) is 84.2 Å². The third-order valence-electron chi connectivity index (χ3n) is 7.63. The summed E-state index contributed by atoms with van der Waals surface area (Å²) in [6.07, 6.45) is 7.42.